The molecule has 1 amide bonds. The van der Waals surface area contributed by atoms with Gasteiger partial charge in [0.25, 0.3) is 0 Å². The van der Waals surface area contributed by atoms with E-state index in [0.717, 1.165) is 12.8 Å². The number of carboxylic acid groups (broad SMARTS) is 1. The van der Waals surface area contributed by atoms with Crippen molar-refractivity contribution in [2.24, 2.45) is 0 Å². The van der Waals surface area contributed by atoms with Crippen molar-refractivity contribution in [3.63, 3.8) is 0 Å². The van der Waals surface area contributed by atoms with Crippen LogP contribution >= 0.6 is 0 Å². The molecule has 1 N–H and O–H groups in total. The summed E-state index contributed by atoms with van der Waals surface area (Å²) in [6.45, 7) is 4.07. The SMILES string of the molecule is CCCCN(C(C)=O)c1c(-c2ccccn2)nc2c(C(=O)O)cccn12. The molecule has 0 atom stereocenters. The maximum atomic E-state index is 12.3. The number of aromatic nitrogens is 3. The van der Waals surface area contributed by atoms with Crippen LogP contribution in [0.25, 0.3) is 17.0 Å². The van der Waals surface area contributed by atoms with Crippen LogP contribution in [0.15, 0.2) is 42.7 Å². The molecular formula is C19H20N4O3. The lowest BCUT2D eigenvalue weighted by molar-refractivity contribution is -0.116. The first-order chi connectivity index (χ1) is 12.5. The van der Waals surface area contributed by atoms with Gasteiger partial charge >= 0.3 is 5.97 Å². The van der Waals surface area contributed by atoms with E-state index in [-0.39, 0.29) is 11.5 Å². The van der Waals surface area contributed by atoms with E-state index in [9.17, 15) is 14.7 Å². The Morgan fingerprint density at radius 1 is 1.23 bits per heavy atom. The molecule has 7 heteroatoms. The summed E-state index contributed by atoms with van der Waals surface area (Å²) in [7, 11) is 0. The van der Waals surface area contributed by atoms with Crippen LogP contribution in [0, 0.1) is 0 Å². The van der Waals surface area contributed by atoms with Crippen LogP contribution in [0.2, 0.25) is 0 Å². The largest absolute Gasteiger partial charge is 0.478 e. The summed E-state index contributed by atoms with van der Waals surface area (Å²) >= 11 is 0. The number of aromatic carboxylic acids is 1. The van der Waals surface area contributed by atoms with Crippen molar-refractivity contribution < 1.29 is 14.7 Å². The molecule has 3 rings (SSSR count). The summed E-state index contributed by atoms with van der Waals surface area (Å²) in [5.41, 5.74) is 1.45. The molecule has 0 aliphatic rings. The first kappa shape index (κ1) is 17.6. The average Bonchev–Trinajstić information content (AvgIpc) is 3.02. The van der Waals surface area contributed by atoms with Crippen molar-refractivity contribution in [2.45, 2.75) is 26.7 Å². The molecule has 134 valence electrons. The van der Waals surface area contributed by atoms with Gasteiger partial charge in [-0.15, -0.1) is 0 Å². The second kappa shape index (κ2) is 7.35. The molecule has 0 fully saturated rings. The molecule has 26 heavy (non-hydrogen) atoms. The molecule has 0 aliphatic carbocycles. The highest BCUT2D eigenvalue weighted by Gasteiger charge is 2.25. The summed E-state index contributed by atoms with van der Waals surface area (Å²) in [5, 5.41) is 9.49. The number of carbonyl (C=O) groups excluding carboxylic acids is 1. The number of anilines is 1. The lowest BCUT2D eigenvalue weighted by Crippen LogP contribution is -2.31. The van der Waals surface area contributed by atoms with E-state index >= 15 is 0 Å². The van der Waals surface area contributed by atoms with Gasteiger partial charge in [0.2, 0.25) is 5.91 Å². The highest BCUT2D eigenvalue weighted by Crippen LogP contribution is 2.32. The highest BCUT2D eigenvalue weighted by atomic mass is 16.4. The number of imidazole rings is 1. The number of rotatable bonds is 6. The van der Waals surface area contributed by atoms with Gasteiger partial charge in [-0.1, -0.05) is 19.4 Å². The lowest BCUT2D eigenvalue weighted by atomic mass is 10.2. The fraction of sp³-hybridized carbons (Fsp3) is 0.263. The summed E-state index contributed by atoms with van der Waals surface area (Å²) in [5.74, 6) is -0.649. The van der Waals surface area contributed by atoms with E-state index in [1.807, 2.05) is 6.07 Å². The minimum absolute atomic E-state index is 0.0786. The number of unbranched alkanes of at least 4 members (excludes halogenated alkanes) is 1. The number of carbonyl (C=O) groups is 2. The maximum Gasteiger partial charge on any atom is 0.339 e. The summed E-state index contributed by atoms with van der Waals surface area (Å²) in [6, 6.07) is 8.56. The van der Waals surface area contributed by atoms with Gasteiger partial charge in [-0.3, -0.25) is 19.1 Å². The predicted molar refractivity (Wildman–Crippen MR) is 98.3 cm³/mol. The molecule has 0 radical (unpaired) electrons. The Morgan fingerprint density at radius 2 is 2.04 bits per heavy atom. The van der Waals surface area contributed by atoms with E-state index in [4.69, 9.17) is 0 Å². The molecular weight excluding hydrogens is 332 g/mol. The molecule has 3 aromatic heterocycles. The van der Waals surface area contributed by atoms with Crippen molar-refractivity contribution in [1.29, 1.82) is 0 Å². The Kier molecular flexibility index (Phi) is 4.97. The Bertz CT molecular complexity index is 950. The van der Waals surface area contributed by atoms with Gasteiger partial charge in [-0.25, -0.2) is 9.78 Å². The van der Waals surface area contributed by atoms with E-state index in [2.05, 4.69) is 16.9 Å². The fourth-order valence-electron chi connectivity index (χ4n) is 2.88. The molecule has 0 aromatic carbocycles. The number of pyridine rings is 2. The molecule has 0 spiro atoms. The second-order valence-corrected chi connectivity index (χ2v) is 5.94. The molecule has 0 unspecified atom stereocenters. The number of nitrogens with zero attached hydrogens (tertiary/aromatic N) is 4. The smallest absolute Gasteiger partial charge is 0.339 e. The topological polar surface area (TPSA) is 87.8 Å². The molecule has 3 heterocycles. The van der Waals surface area contributed by atoms with E-state index in [1.54, 1.807) is 39.9 Å². The minimum Gasteiger partial charge on any atom is -0.478 e. The number of fused-ring (bicyclic) bond motifs is 1. The number of hydrogen-bond acceptors (Lipinski definition) is 4. The minimum atomic E-state index is -1.07. The molecule has 0 saturated carbocycles. The van der Waals surface area contributed by atoms with E-state index in [0.29, 0.717) is 29.4 Å². The molecule has 0 bridgehead atoms. The third-order valence-corrected chi connectivity index (χ3v) is 4.13. The quantitative estimate of drug-likeness (QED) is 0.736. The van der Waals surface area contributed by atoms with Crippen molar-refractivity contribution in [1.82, 2.24) is 14.4 Å². The van der Waals surface area contributed by atoms with Crippen LogP contribution in [0.5, 0.6) is 0 Å². The number of carboxylic acids is 1. The van der Waals surface area contributed by atoms with Crippen LogP contribution in [0.1, 0.15) is 37.0 Å². The fourth-order valence-corrected chi connectivity index (χ4v) is 2.88. The normalized spacial score (nSPS) is 10.8. The van der Waals surface area contributed by atoms with Gasteiger partial charge in [-0.05, 0) is 30.7 Å². The van der Waals surface area contributed by atoms with Gasteiger partial charge in [0.1, 0.15) is 17.1 Å². The van der Waals surface area contributed by atoms with Crippen molar-refractivity contribution >= 4 is 23.3 Å². The number of hydrogen-bond donors (Lipinski definition) is 1. The summed E-state index contributed by atoms with van der Waals surface area (Å²) in [4.78, 5) is 34.5. The predicted octanol–water partition coefficient (Wildman–Crippen LogP) is 3.25. The van der Waals surface area contributed by atoms with Crippen LogP contribution in [-0.4, -0.2) is 37.9 Å². The molecule has 7 nitrogen and oxygen atoms in total. The molecule has 0 aliphatic heterocycles. The molecule has 3 aromatic rings. The van der Waals surface area contributed by atoms with E-state index < -0.39 is 5.97 Å². The third kappa shape index (κ3) is 3.15. The highest BCUT2D eigenvalue weighted by molar-refractivity contribution is 5.99. The van der Waals surface area contributed by atoms with Crippen LogP contribution < -0.4 is 4.90 Å². The third-order valence-electron chi connectivity index (χ3n) is 4.13. The zero-order valence-electron chi connectivity index (χ0n) is 14.7. The number of amides is 1. The molecule has 0 saturated heterocycles. The van der Waals surface area contributed by atoms with Crippen molar-refractivity contribution in [3.05, 3.63) is 48.3 Å². The first-order valence-electron chi connectivity index (χ1n) is 8.48. The van der Waals surface area contributed by atoms with Gasteiger partial charge < -0.3 is 5.11 Å². The second-order valence-electron chi connectivity index (χ2n) is 5.94. The van der Waals surface area contributed by atoms with Gasteiger partial charge in [0, 0.05) is 25.9 Å². The monoisotopic (exact) mass is 352 g/mol. The zero-order valence-corrected chi connectivity index (χ0v) is 14.7. The Labute approximate surface area is 150 Å². The lowest BCUT2D eigenvalue weighted by Gasteiger charge is -2.21. The van der Waals surface area contributed by atoms with Gasteiger partial charge in [0.05, 0.1) is 5.69 Å². The summed E-state index contributed by atoms with van der Waals surface area (Å²) < 4.78 is 1.66. The van der Waals surface area contributed by atoms with E-state index in [1.165, 1.54) is 13.0 Å². The van der Waals surface area contributed by atoms with Gasteiger partial charge in [0.15, 0.2) is 5.65 Å². The zero-order chi connectivity index (χ0) is 18.7. The Morgan fingerprint density at radius 3 is 2.65 bits per heavy atom. The van der Waals surface area contributed by atoms with Crippen LogP contribution in [0.4, 0.5) is 5.82 Å². The van der Waals surface area contributed by atoms with Crippen LogP contribution in [0.3, 0.4) is 0 Å². The standard InChI is InChI=1S/C19H20N4O3/c1-3-4-11-22(13(2)24)18-16(15-9-5-6-10-20-15)21-17-14(19(25)26)8-7-12-23(17)18/h5-10,12H,3-4,11H2,1-2H3,(H,25,26). The first-order valence-corrected chi connectivity index (χ1v) is 8.48. The summed E-state index contributed by atoms with van der Waals surface area (Å²) in [6.07, 6.45) is 5.12. The maximum absolute atomic E-state index is 12.3. The van der Waals surface area contributed by atoms with Crippen LogP contribution in [-0.2, 0) is 4.79 Å². The van der Waals surface area contributed by atoms with Crippen molar-refractivity contribution in [3.8, 4) is 11.4 Å². The van der Waals surface area contributed by atoms with Gasteiger partial charge in [-0.2, -0.15) is 0 Å². The Balaban J connectivity index is 2.32. The average molecular weight is 352 g/mol. The Hall–Kier alpha value is -3.22. The van der Waals surface area contributed by atoms with Crippen molar-refractivity contribution in [2.75, 3.05) is 11.4 Å².